The normalized spacial score (nSPS) is 14.8. The van der Waals surface area contributed by atoms with Crippen LogP contribution in [0.1, 0.15) is 0 Å². The van der Waals surface area contributed by atoms with Crippen molar-refractivity contribution >= 4 is 17.3 Å². The van der Waals surface area contributed by atoms with Gasteiger partial charge in [-0.2, -0.15) is 0 Å². The molecule has 0 aliphatic carbocycles. The fourth-order valence-corrected chi connectivity index (χ4v) is 3.22. The second kappa shape index (κ2) is 8.58. The zero-order chi connectivity index (χ0) is 18.4. The Kier molecular flexibility index (Phi) is 5.96. The van der Waals surface area contributed by atoms with Gasteiger partial charge in [-0.15, -0.1) is 0 Å². The van der Waals surface area contributed by atoms with Crippen LogP contribution < -0.4 is 24.6 Å². The van der Waals surface area contributed by atoms with Crippen molar-refractivity contribution in [3.05, 3.63) is 48.5 Å². The largest absolute Gasteiger partial charge is 0.497 e. The summed E-state index contributed by atoms with van der Waals surface area (Å²) in [6, 6.07) is 15.8. The van der Waals surface area contributed by atoms with Crippen LogP contribution in [-0.2, 0) is 4.79 Å². The van der Waals surface area contributed by atoms with Crippen LogP contribution in [0.2, 0.25) is 0 Å². The Bertz CT molecular complexity index is 728. The third-order valence-electron chi connectivity index (χ3n) is 4.69. The maximum Gasteiger partial charge on any atom is 0.279 e. The van der Waals surface area contributed by atoms with Gasteiger partial charge in [0.1, 0.15) is 11.5 Å². The van der Waals surface area contributed by atoms with E-state index in [1.165, 1.54) is 10.6 Å². The maximum absolute atomic E-state index is 12.4. The van der Waals surface area contributed by atoms with Gasteiger partial charge in [0.25, 0.3) is 5.91 Å². The summed E-state index contributed by atoms with van der Waals surface area (Å²) in [4.78, 5) is 16.1. The minimum atomic E-state index is -0.00312. The summed E-state index contributed by atoms with van der Waals surface area (Å²) in [5, 5.41) is 2.95. The number of ether oxygens (including phenoxy) is 2. The molecule has 0 atom stereocenters. The van der Waals surface area contributed by atoms with Gasteiger partial charge in [0.05, 0.1) is 46.1 Å². The van der Waals surface area contributed by atoms with E-state index in [1.54, 1.807) is 26.4 Å². The first-order valence-electron chi connectivity index (χ1n) is 8.85. The highest BCUT2D eigenvalue weighted by molar-refractivity contribution is 5.93. The smallest absolute Gasteiger partial charge is 0.279 e. The molecule has 1 aliphatic heterocycles. The summed E-state index contributed by atoms with van der Waals surface area (Å²) in [5.41, 5.74) is 1.92. The molecule has 1 amide bonds. The van der Waals surface area contributed by atoms with Crippen LogP contribution >= 0.6 is 0 Å². The van der Waals surface area contributed by atoms with Crippen LogP contribution in [0, 0.1) is 0 Å². The van der Waals surface area contributed by atoms with Crippen LogP contribution in [0.3, 0.4) is 0 Å². The van der Waals surface area contributed by atoms with Crippen LogP contribution in [0.15, 0.2) is 48.5 Å². The van der Waals surface area contributed by atoms with Crippen molar-refractivity contribution in [3.63, 3.8) is 0 Å². The molecular formula is C20H26N3O3+. The first kappa shape index (κ1) is 18.1. The lowest BCUT2D eigenvalue weighted by Crippen LogP contribution is -3.15. The number of hydrogen-bond acceptors (Lipinski definition) is 4. The average molecular weight is 356 g/mol. The molecule has 0 spiro atoms. The fraction of sp³-hybridized carbons (Fsp3) is 0.350. The number of piperazine rings is 1. The molecule has 26 heavy (non-hydrogen) atoms. The first-order valence-corrected chi connectivity index (χ1v) is 8.85. The molecule has 2 aromatic rings. The molecule has 2 N–H and O–H groups in total. The van der Waals surface area contributed by atoms with Gasteiger partial charge < -0.3 is 24.6 Å². The Morgan fingerprint density at radius 3 is 2.46 bits per heavy atom. The number of benzene rings is 2. The van der Waals surface area contributed by atoms with Crippen molar-refractivity contribution in [1.82, 2.24) is 0 Å². The van der Waals surface area contributed by atoms with E-state index in [9.17, 15) is 4.79 Å². The first-order chi connectivity index (χ1) is 12.7. The monoisotopic (exact) mass is 356 g/mol. The van der Waals surface area contributed by atoms with E-state index in [0.29, 0.717) is 23.7 Å². The molecule has 0 unspecified atom stereocenters. The quantitative estimate of drug-likeness (QED) is 0.812. The van der Waals surface area contributed by atoms with Gasteiger partial charge >= 0.3 is 0 Å². The summed E-state index contributed by atoms with van der Waals surface area (Å²) in [7, 11) is 3.18. The Hall–Kier alpha value is -2.73. The number of nitrogens with one attached hydrogen (secondary N) is 2. The van der Waals surface area contributed by atoms with Crippen molar-refractivity contribution in [1.29, 1.82) is 0 Å². The number of carbonyl (C=O) groups is 1. The van der Waals surface area contributed by atoms with Crippen LogP contribution in [-0.4, -0.2) is 52.9 Å². The van der Waals surface area contributed by atoms with Gasteiger partial charge in [-0.25, -0.2) is 0 Å². The third-order valence-corrected chi connectivity index (χ3v) is 4.69. The number of nitrogens with zero attached hydrogens (tertiary/aromatic N) is 1. The van der Waals surface area contributed by atoms with Gasteiger partial charge in [0, 0.05) is 11.8 Å². The van der Waals surface area contributed by atoms with Gasteiger partial charge in [0.15, 0.2) is 6.54 Å². The number of rotatable bonds is 6. The standard InChI is InChI=1S/C20H25N3O3/c1-25-17-8-9-18(19(14-17)26-2)21-20(24)15-22-10-12-23(13-11-22)16-6-4-3-5-7-16/h3-9,14H,10-13,15H2,1-2H3,(H,21,24)/p+1. The number of hydrogen-bond donors (Lipinski definition) is 2. The topological polar surface area (TPSA) is 55.2 Å². The molecule has 0 bridgehead atoms. The number of carbonyl (C=O) groups excluding carboxylic acids is 1. The molecule has 3 rings (SSSR count). The summed E-state index contributed by atoms with van der Waals surface area (Å²) in [6.45, 7) is 4.26. The minimum absolute atomic E-state index is 0.00312. The molecule has 1 heterocycles. The highest BCUT2D eigenvalue weighted by Crippen LogP contribution is 2.28. The van der Waals surface area contributed by atoms with Crippen LogP contribution in [0.25, 0.3) is 0 Å². The predicted octanol–water partition coefficient (Wildman–Crippen LogP) is 1.05. The fourth-order valence-electron chi connectivity index (χ4n) is 3.22. The van der Waals surface area contributed by atoms with Crippen LogP contribution in [0.5, 0.6) is 11.5 Å². The molecule has 1 fully saturated rings. The molecule has 138 valence electrons. The van der Waals surface area contributed by atoms with Crippen molar-refractivity contribution in [2.24, 2.45) is 0 Å². The highest BCUT2D eigenvalue weighted by atomic mass is 16.5. The van der Waals surface area contributed by atoms with Crippen molar-refractivity contribution in [2.45, 2.75) is 0 Å². The number of anilines is 2. The summed E-state index contributed by atoms with van der Waals surface area (Å²) >= 11 is 0. The Labute approximate surface area is 154 Å². The Morgan fingerprint density at radius 2 is 1.81 bits per heavy atom. The SMILES string of the molecule is COc1ccc(NC(=O)C[NH+]2CCN(c3ccccc3)CC2)c(OC)c1. The van der Waals surface area contributed by atoms with Gasteiger partial charge in [-0.3, -0.25) is 4.79 Å². The molecule has 2 aromatic carbocycles. The van der Waals surface area contributed by atoms with Crippen molar-refractivity contribution in [2.75, 3.05) is 57.2 Å². The molecule has 1 saturated heterocycles. The minimum Gasteiger partial charge on any atom is -0.497 e. The maximum atomic E-state index is 12.4. The summed E-state index contributed by atoms with van der Waals surface area (Å²) in [6.07, 6.45) is 0. The second-order valence-corrected chi connectivity index (χ2v) is 6.36. The second-order valence-electron chi connectivity index (χ2n) is 6.36. The lowest BCUT2D eigenvalue weighted by atomic mass is 10.2. The number of methoxy groups -OCH3 is 2. The number of quaternary nitrogens is 1. The third kappa shape index (κ3) is 4.46. The lowest BCUT2D eigenvalue weighted by Gasteiger charge is -2.33. The van der Waals surface area contributed by atoms with E-state index in [2.05, 4.69) is 34.5 Å². The van der Waals surface area contributed by atoms with E-state index in [0.717, 1.165) is 26.2 Å². The lowest BCUT2D eigenvalue weighted by molar-refractivity contribution is -0.892. The molecule has 0 radical (unpaired) electrons. The zero-order valence-corrected chi connectivity index (χ0v) is 15.3. The van der Waals surface area contributed by atoms with E-state index < -0.39 is 0 Å². The van der Waals surface area contributed by atoms with E-state index >= 15 is 0 Å². The van der Waals surface area contributed by atoms with Crippen molar-refractivity contribution in [3.8, 4) is 11.5 Å². The number of amides is 1. The van der Waals surface area contributed by atoms with E-state index in [1.807, 2.05) is 12.1 Å². The van der Waals surface area contributed by atoms with E-state index in [4.69, 9.17) is 9.47 Å². The van der Waals surface area contributed by atoms with Crippen molar-refractivity contribution < 1.29 is 19.2 Å². The van der Waals surface area contributed by atoms with Crippen LogP contribution in [0.4, 0.5) is 11.4 Å². The van der Waals surface area contributed by atoms with Gasteiger partial charge in [-0.05, 0) is 24.3 Å². The highest BCUT2D eigenvalue weighted by Gasteiger charge is 2.22. The number of para-hydroxylation sites is 1. The predicted molar refractivity (Wildman–Crippen MR) is 102 cm³/mol. The molecule has 6 heteroatoms. The molecule has 0 aromatic heterocycles. The summed E-state index contributed by atoms with van der Waals surface area (Å²) < 4.78 is 10.5. The Balaban J connectivity index is 1.52. The molecular weight excluding hydrogens is 330 g/mol. The van der Waals surface area contributed by atoms with Gasteiger partial charge in [0.2, 0.25) is 0 Å². The molecule has 6 nitrogen and oxygen atoms in total. The Morgan fingerprint density at radius 1 is 1.08 bits per heavy atom. The zero-order valence-electron chi connectivity index (χ0n) is 15.3. The van der Waals surface area contributed by atoms with Gasteiger partial charge in [-0.1, -0.05) is 18.2 Å². The molecule has 0 saturated carbocycles. The summed E-state index contributed by atoms with van der Waals surface area (Å²) in [5.74, 6) is 1.29. The van der Waals surface area contributed by atoms with E-state index in [-0.39, 0.29) is 5.91 Å². The molecule has 1 aliphatic rings. The average Bonchev–Trinajstić information content (AvgIpc) is 2.69.